The third-order valence-electron chi connectivity index (χ3n) is 12.9. The Bertz CT molecular complexity index is 1260. The van der Waals surface area contributed by atoms with Gasteiger partial charge in [0.1, 0.15) is 0 Å². The van der Waals surface area contributed by atoms with Crippen LogP contribution in [0.15, 0.2) is 56.0 Å². The van der Waals surface area contributed by atoms with E-state index in [1.165, 1.54) is 295 Å². The molecule has 0 saturated carbocycles. The van der Waals surface area contributed by atoms with E-state index in [0.29, 0.717) is 0 Å². The number of unbranched alkanes of at least 4 members (excludes halogenated alkanes) is 32. The molecule has 354 valence electrons. The van der Waals surface area contributed by atoms with E-state index in [9.17, 15) is 0 Å². The highest BCUT2D eigenvalue weighted by Gasteiger charge is 2.12. The van der Waals surface area contributed by atoms with Crippen LogP contribution in [0.2, 0.25) is 0 Å². The zero-order valence-corrected chi connectivity index (χ0v) is 44.6. The lowest BCUT2D eigenvalue weighted by atomic mass is 10.0. The largest absolute Gasteiger partial charge is 0.125 e. The molecule has 0 atom stereocenters. The van der Waals surface area contributed by atoms with E-state index in [-0.39, 0.29) is 0 Å². The SMILES string of the molecule is CCCCCCCCCCCSc1cc2cc3cc(SCCCCCCCCCCC)c(SCCCCCCCCCCC)cc3cc2cc1SCCCCCCCCCCC. The number of fused-ring (bicyclic) bond motifs is 2. The molecule has 0 heterocycles. The van der Waals surface area contributed by atoms with Crippen molar-refractivity contribution >= 4 is 68.6 Å². The monoisotopic (exact) mass is 923 g/mol. The summed E-state index contributed by atoms with van der Waals surface area (Å²) in [5.41, 5.74) is 0. The first-order chi connectivity index (χ1) is 30.7. The molecule has 0 radical (unpaired) electrons. The molecule has 0 N–H and O–H groups in total. The minimum atomic E-state index is 1.25. The Kier molecular flexibility index (Phi) is 35.8. The van der Waals surface area contributed by atoms with E-state index >= 15 is 0 Å². The highest BCUT2D eigenvalue weighted by Crippen LogP contribution is 2.40. The van der Waals surface area contributed by atoms with Crippen LogP contribution < -0.4 is 0 Å². The molecule has 0 aliphatic heterocycles. The van der Waals surface area contributed by atoms with Crippen molar-refractivity contribution in [1.82, 2.24) is 0 Å². The van der Waals surface area contributed by atoms with E-state index in [1.807, 2.05) is 0 Å². The predicted octanol–water partition coefficient (Wildman–Crippen LogP) is 22.5. The summed E-state index contributed by atoms with van der Waals surface area (Å²) in [6.45, 7) is 9.28. The molecule has 4 heteroatoms. The van der Waals surface area contributed by atoms with Crippen molar-refractivity contribution in [3.63, 3.8) is 0 Å². The maximum Gasteiger partial charge on any atom is 0.0214 e. The van der Waals surface area contributed by atoms with Crippen molar-refractivity contribution < 1.29 is 0 Å². The molecule has 0 amide bonds. The minimum Gasteiger partial charge on any atom is -0.125 e. The molecule has 0 aliphatic carbocycles. The minimum absolute atomic E-state index is 1.25. The molecule has 3 rings (SSSR count). The van der Waals surface area contributed by atoms with Gasteiger partial charge in [0, 0.05) is 19.6 Å². The first-order valence-corrected chi connectivity index (χ1v) is 31.2. The van der Waals surface area contributed by atoms with E-state index in [4.69, 9.17) is 0 Å². The van der Waals surface area contributed by atoms with E-state index in [1.54, 1.807) is 0 Å². The molecule has 3 aromatic rings. The summed E-state index contributed by atoms with van der Waals surface area (Å²) < 4.78 is 0. The lowest BCUT2D eigenvalue weighted by Crippen LogP contribution is -1.90. The van der Waals surface area contributed by atoms with Gasteiger partial charge in [-0.25, -0.2) is 0 Å². The molecule has 0 bridgehead atoms. The molecular weight excluding hydrogens is 825 g/mol. The first-order valence-electron chi connectivity index (χ1n) is 27.3. The van der Waals surface area contributed by atoms with Gasteiger partial charge in [-0.3, -0.25) is 0 Å². The molecule has 62 heavy (non-hydrogen) atoms. The van der Waals surface area contributed by atoms with Gasteiger partial charge in [-0.15, -0.1) is 47.0 Å². The molecule has 0 aromatic heterocycles. The van der Waals surface area contributed by atoms with Crippen LogP contribution in [0.3, 0.4) is 0 Å². The highest BCUT2D eigenvalue weighted by atomic mass is 32.2. The van der Waals surface area contributed by atoms with Crippen LogP contribution in [0, 0.1) is 0 Å². The van der Waals surface area contributed by atoms with Gasteiger partial charge in [0.05, 0.1) is 0 Å². The fourth-order valence-corrected chi connectivity index (χ4v) is 13.5. The maximum atomic E-state index is 2.58. The standard InChI is InChI=1S/C58H98S4/c1-5-9-13-17-21-25-29-33-37-41-59-55-47-51-45-53-49-57(61-43-39-35-31-27-23-19-15-11-7-3)58(62-44-40-36-32-28-24-20-16-12-8-4)50-54(53)46-52(51)48-56(55)60-42-38-34-30-26-22-18-14-10-6-2/h45-50H,5-44H2,1-4H3. The van der Waals surface area contributed by atoms with Crippen molar-refractivity contribution in [2.24, 2.45) is 0 Å². The average molecular weight is 924 g/mol. The van der Waals surface area contributed by atoms with Crippen molar-refractivity contribution in [2.75, 3.05) is 23.0 Å². The van der Waals surface area contributed by atoms with Crippen LogP contribution in [-0.4, -0.2) is 23.0 Å². The van der Waals surface area contributed by atoms with Crippen LogP contribution in [-0.2, 0) is 0 Å². The molecule has 0 aliphatic rings. The second-order valence-corrected chi connectivity index (χ2v) is 23.4. The topological polar surface area (TPSA) is 0 Å². The third kappa shape index (κ3) is 26.7. The third-order valence-corrected chi connectivity index (χ3v) is 17.8. The van der Waals surface area contributed by atoms with Gasteiger partial charge in [0.25, 0.3) is 0 Å². The van der Waals surface area contributed by atoms with Gasteiger partial charge in [-0.05, 0) is 107 Å². The van der Waals surface area contributed by atoms with Crippen LogP contribution in [0.5, 0.6) is 0 Å². The lowest BCUT2D eigenvalue weighted by molar-refractivity contribution is 0.573. The van der Waals surface area contributed by atoms with Crippen LogP contribution in [0.1, 0.15) is 259 Å². The number of thioether (sulfide) groups is 4. The summed E-state index contributed by atoms with van der Waals surface area (Å²) in [4.78, 5) is 6.13. The van der Waals surface area contributed by atoms with Crippen molar-refractivity contribution in [3.05, 3.63) is 36.4 Å². The van der Waals surface area contributed by atoms with Gasteiger partial charge in [-0.2, -0.15) is 0 Å². The molecule has 0 saturated heterocycles. The van der Waals surface area contributed by atoms with E-state index in [2.05, 4.69) is 111 Å². The summed E-state index contributed by atoms with van der Waals surface area (Å²) in [5.74, 6) is 5.00. The molecule has 0 spiro atoms. The van der Waals surface area contributed by atoms with E-state index < -0.39 is 0 Å². The average Bonchev–Trinajstić information content (AvgIpc) is 3.28. The zero-order valence-electron chi connectivity index (χ0n) is 41.4. The molecule has 0 fully saturated rings. The van der Waals surface area contributed by atoms with Gasteiger partial charge >= 0.3 is 0 Å². The Balaban J connectivity index is 1.69. The van der Waals surface area contributed by atoms with Crippen LogP contribution in [0.4, 0.5) is 0 Å². The predicted molar refractivity (Wildman–Crippen MR) is 293 cm³/mol. The van der Waals surface area contributed by atoms with Gasteiger partial charge in [0.2, 0.25) is 0 Å². The summed E-state index contributed by atoms with van der Waals surface area (Å²) in [6.07, 6.45) is 50.5. The number of rotatable bonds is 44. The number of hydrogen-bond acceptors (Lipinski definition) is 4. The Morgan fingerprint density at radius 1 is 0.210 bits per heavy atom. The van der Waals surface area contributed by atoms with Crippen molar-refractivity contribution in [3.8, 4) is 0 Å². The fraction of sp³-hybridized carbons (Fsp3) is 0.759. The van der Waals surface area contributed by atoms with Gasteiger partial charge in [0.15, 0.2) is 0 Å². The van der Waals surface area contributed by atoms with Crippen LogP contribution in [0.25, 0.3) is 21.5 Å². The Morgan fingerprint density at radius 3 is 0.548 bits per heavy atom. The maximum absolute atomic E-state index is 2.58. The molecule has 0 nitrogen and oxygen atoms in total. The summed E-state index contributed by atoms with van der Waals surface area (Å²) >= 11 is 8.58. The summed E-state index contributed by atoms with van der Waals surface area (Å²) in [6, 6.07) is 15.4. The Morgan fingerprint density at radius 2 is 0.371 bits per heavy atom. The molecule has 3 aromatic carbocycles. The number of hydrogen-bond donors (Lipinski definition) is 0. The Hall–Kier alpha value is -0.420. The summed E-state index contributed by atoms with van der Waals surface area (Å²) in [7, 11) is 0. The number of benzene rings is 3. The highest BCUT2D eigenvalue weighted by molar-refractivity contribution is 8.02. The van der Waals surface area contributed by atoms with Gasteiger partial charge in [-0.1, -0.05) is 233 Å². The first kappa shape index (κ1) is 55.9. The molecular formula is C58H98S4. The summed E-state index contributed by atoms with van der Waals surface area (Å²) in [5, 5.41) is 5.74. The van der Waals surface area contributed by atoms with Crippen molar-refractivity contribution in [1.29, 1.82) is 0 Å². The Labute approximate surface area is 403 Å². The lowest BCUT2D eigenvalue weighted by Gasteiger charge is -2.15. The quantitative estimate of drug-likeness (QED) is 0.0315. The smallest absolute Gasteiger partial charge is 0.0214 e. The second kappa shape index (κ2) is 39.7. The van der Waals surface area contributed by atoms with Gasteiger partial charge < -0.3 is 0 Å². The second-order valence-electron chi connectivity index (χ2n) is 18.9. The van der Waals surface area contributed by atoms with E-state index in [0.717, 1.165) is 0 Å². The zero-order chi connectivity index (χ0) is 44.0. The molecule has 0 unspecified atom stereocenters. The normalized spacial score (nSPS) is 11.8. The van der Waals surface area contributed by atoms with Crippen LogP contribution >= 0.6 is 47.0 Å². The fourth-order valence-electron chi connectivity index (χ4n) is 8.85. The van der Waals surface area contributed by atoms with Crippen molar-refractivity contribution in [2.45, 2.75) is 278 Å².